The average molecular weight is 262 g/mol. The Balaban J connectivity index is 2.22. The van der Waals surface area contributed by atoms with E-state index in [-0.39, 0.29) is 11.5 Å². The molecule has 4 heteroatoms. The van der Waals surface area contributed by atoms with Crippen LogP contribution in [0.25, 0.3) is 10.6 Å². The molecule has 0 aliphatic carbocycles. The number of hydrogen-bond acceptors (Lipinski definition) is 3. The number of aliphatic hydroxyl groups excluding tert-OH is 1. The van der Waals surface area contributed by atoms with Crippen LogP contribution >= 0.6 is 0 Å². The van der Waals surface area contributed by atoms with E-state index in [0.29, 0.717) is 17.1 Å². The molecule has 1 N–H and O–H groups in total. The summed E-state index contributed by atoms with van der Waals surface area (Å²) in [5, 5.41) is 18.5. The molecule has 96 valence electrons. The first kappa shape index (κ1) is 13.2. The van der Waals surface area contributed by atoms with E-state index in [1.54, 1.807) is 30.3 Å². The highest BCUT2D eigenvalue weighted by atomic mass is 16.5. The fourth-order valence-corrected chi connectivity index (χ4v) is 1.57. The summed E-state index contributed by atoms with van der Waals surface area (Å²) in [5.41, 5.74) is 0.0692. The van der Waals surface area contributed by atoms with Gasteiger partial charge in [-0.05, 0) is 36.4 Å². The number of rotatable bonds is 3. The summed E-state index contributed by atoms with van der Waals surface area (Å²) in [6, 6.07) is 17.5. The van der Waals surface area contributed by atoms with Gasteiger partial charge in [-0.1, -0.05) is 18.2 Å². The Hall–Kier alpha value is -3.24. The van der Waals surface area contributed by atoms with Crippen LogP contribution in [-0.4, -0.2) is 5.11 Å². The fraction of sp³-hybridized carbons (Fsp3) is 0. The van der Waals surface area contributed by atoms with Crippen molar-refractivity contribution in [1.82, 2.24) is 0 Å². The summed E-state index contributed by atoms with van der Waals surface area (Å²) in [5.74, 6) is 0.988. The van der Waals surface area contributed by atoms with Gasteiger partial charge < -0.3 is 9.84 Å². The molecule has 0 saturated heterocycles. The van der Waals surface area contributed by atoms with E-state index >= 15 is 0 Å². The molecule has 0 amide bonds. The third-order valence-electron chi connectivity index (χ3n) is 2.55. The number of nitriles is 1. The molecule has 2 aromatic carbocycles. The highest BCUT2D eigenvalue weighted by Gasteiger charge is 2.07. The molecule has 0 aliphatic rings. The maximum Gasteiger partial charge on any atom is 0.303 e. The van der Waals surface area contributed by atoms with E-state index in [4.69, 9.17) is 16.6 Å². The smallest absolute Gasteiger partial charge is 0.303 e. The zero-order valence-corrected chi connectivity index (χ0v) is 10.4. The van der Waals surface area contributed by atoms with Crippen LogP contribution in [0.15, 0.2) is 60.3 Å². The van der Waals surface area contributed by atoms with Gasteiger partial charge in [0.1, 0.15) is 17.3 Å². The van der Waals surface area contributed by atoms with E-state index in [2.05, 4.69) is 4.85 Å². The number of nitrogens with zero attached hydrogens (tertiary/aromatic N) is 2. The van der Waals surface area contributed by atoms with Crippen molar-refractivity contribution < 1.29 is 9.84 Å². The molecular formula is C16H10N2O2. The molecule has 0 heterocycles. The second kappa shape index (κ2) is 6.08. The minimum absolute atomic E-state index is 0.325. The summed E-state index contributed by atoms with van der Waals surface area (Å²) in [6.07, 6.45) is 0. The van der Waals surface area contributed by atoms with Crippen LogP contribution in [0.1, 0.15) is 5.56 Å². The minimum atomic E-state index is -0.332. The number of ether oxygens (including phenoxy) is 1. The molecule has 0 unspecified atom stereocenters. The lowest BCUT2D eigenvalue weighted by molar-refractivity contribution is 0.482. The third-order valence-corrected chi connectivity index (χ3v) is 2.55. The van der Waals surface area contributed by atoms with Crippen molar-refractivity contribution in [2.75, 3.05) is 0 Å². The van der Waals surface area contributed by atoms with E-state index in [1.165, 1.54) is 0 Å². The maximum atomic E-state index is 9.76. The lowest BCUT2D eigenvalue weighted by Crippen LogP contribution is -1.88. The van der Waals surface area contributed by atoms with Gasteiger partial charge in [0.25, 0.3) is 0 Å². The van der Waals surface area contributed by atoms with Crippen LogP contribution in [0.5, 0.6) is 11.5 Å². The molecule has 20 heavy (non-hydrogen) atoms. The second-order valence-corrected chi connectivity index (χ2v) is 3.86. The molecular weight excluding hydrogens is 252 g/mol. The first-order valence-corrected chi connectivity index (χ1v) is 5.78. The number of hydrogen-bond donors (Lipinski definition) is 1. The topological polar surface area (TPSA) is 57.6 Å². The van der Waals surface area contributed by atoms with E-state index in [1.807, 2.05) is 30.3 Å². The van der Waals surface area contributed by atoms with E-state index in [9.17, 15) is 5.11 Å². The standard InChI is InChI=1S/C16H10N2O2/c1-18-15(11-17)16(19)12-7-9-14(10-8-12)20-13-5-3-2-4-6-13/h2-10,19H/b16-15-. The van der Waals surface area contributed by atoms with Gasteiger partial charge in [-0.2, -0.15) is 0 Å². The molecule has 0 atom stereocenters. The van der Waals surface area contributed by atoms with Gasteiger partial charge in [0.2, 0.25) is 0 Å². The third kappa shape index (κ3) is 2.95. The van der Waals surface area contributed by atoms with Gasteiger partial charge in [0.05, 0.1) is 12.6 Å². The van der Waals surface area contributed by atoms with Crippen molar-refractivity contribution in [2.45, 2.75) is 0 Å². The Morgan fingerprint density at radius 1 is 1.05 bits per heavy atom. The van der Waals surface area contributed by atoms with Gasteiger partial charge in [-0.25, -0.2) is 10.1 Å². The quantitative estimate of drug-likeness (QED) is 0.513. The van der Waals surface area contributed by atoms with Crippen LogP contribution in [0.3, 0.4) is 0 Å². The highest BCUT2D eigenvalue weighted by Crippen LogP contribution is 2.24. The molecule has 0 saturated carbocycles. The molecule has 2 rings (SSSR count). The Morgan fingerprint density at radius 2 is 1.65 bits per heavy atom. The van der Waals surface area contributed by atoms with Gasteiger partial charge in [-0.3, -0.25) is 0 Å². The van der Waals surface area contributed by atoms with E-state index in [0.717, 1.165) is 0 Å². The van der Waals surface area contributed by atoms with Gasteiger partial charge >= 0.3 is 5.70 Å². The lowest BCUT2D eigenvalue weighted by Gasteiger charge is -2.06. The monoisotopic (exact) mass is 262 g/mol. The van der Waals surface area contributed by atoms with Crippen LogP contribution in [0, 0.1) is 17.9 Å². The molecule has 0 radical (unpaired) electrons. The Labute approximate surface area is 116 Å². The van der Waals surface area contributed by atoms with Crippen molar-refractivity contribution in [2.24, 2.45) is 0 Å². The first-order chi connectivity index (χ1) is 9.74. The molecule has 0 bridgehead atoms. The van der Waals surface area contributed by atoms with E-state index < -0.39 is 0 Å². The van der Waals surface area contributed by atoms with Crippen molar-refractivity contribution in [3.05, 3.63) is 77.3 Å². The second-order valence-electron chi connectivity index (χ2n) is 3.86. The number of benzene rings is 2. The zero-order chi connectivity index (χ0) is 14.4. The van der Waals surface area contributed by atoms with Crippen molar-refractivity contribution in [3.8, 4) is 17.6 Å². The number of para-hydroxylation sites is 1. The largest absolute Gasteiger partial charge is 0.518 e. The van der Waals surface area contributed by atoms with Crippen LogP contribution in [0.2, 0.25) is 0 Å². The fourth-order valence-electron chi connectivity index (χ4n) is 1.57. The van der Waals surface area contributed by atoms with Crippen molar-refractivity contribution >= 4 is 5.76 Å². The van der Waals surface area contributed by atoms with Crippen LogP contribution in [0.4, 0.5) is 0 Å². The number of aliphatic hydroxyl groups is 1. The molecule has 4 nitrogen and oxygen atoms in total. The maximum absolute atomic E-state index is 9.76. The van der Waals surface area contributed by atoms with Crippen LogP contribution in [-0.2, 0) is 0 Å². The molecule has 0 aliphatic heterocycles. The highest BCUT2D eigenvalue weighted by molar-refractivity contribution is 5.67. The predicted octanol–water partition coefficient (Wildman–Crippen LogP) is 4.15. The summed E-state index contributed by atoms with van der Waals surface area (Å²) >= 11 is 0. The number of allylic oxidation sites excluding steroid dienone is 1. The minimum Gasteiger partial charge on any atom is -0.518 e. The molecule has 0 spiro atoms. The normalized spacial score (nSPS) is 10.9. The molecule has 2 aromatic rings. The Bertz CT molecular complexity index is 689. The summed E-state index contributed by atoms with van der Waals surface area (Å²) in [6.45, 7) is 6.79. The summed E-state index contributed by atoms with van der Waals surface area (Å²) in [7, 11) is 0. The molecule has 0 aromatic heterocycles. The zero-order valence-electron chi connectivity index (χ0n) is 10.4. The SMILES string of the molecule is [C-]#[N+]/C(C#N)=C(\O)c1ccc(Oc2ccccc2)cc1. The van der Waals surface area contributed by atoms with Gasteiger partial charge in [0, 0.05) is 5.56 Å². The summed E-state index contributed by atoms with van der Waals surface area (Å²) in [4.78, 5) is 2.96. The Morgan fingerprint density at radius 3 is 2.20 bits per heavy atom. The van der Waals surface area contributed by atoms with Gasteiger partial charge in [-0.15, -0.1) is 0 Å². The molecule has 0 fully saturated rings. The average Bonchev–Trinajstić information content (AvgIpc) is 2.50. The predicted molar refractivity (Wildman–Crippen MR) is 74.7 cm³/mol. The first-order valence-electron chi connectivity index (χ1n) is 5.78. The van der Waals surface area contributed by atoms with Crippen LogP contribution < -0.4 is 4.74 Å². The lowest BCUT2D eigenvalue weighted by atomic mass is 10.1. The van der Waals surface area contributed by atoms with Gasteiger partial charge in [0.15, 0.2) is 0 Å². The van der Waals surface area contributed by atoms with Crippen molar-refractivity contribution in [1.29, 1.82) is 5.26 Å². The Kier molecular flexibility index (Phi) is 4.01. The van der Waals surface area contributed by atoms with Crippen molar-refractivity contribution in [3.63, 3.8) is 0 Å². The summed E-state index contributed by atoms with van der Waals surface area (Å²) < 4.78 is 5.60.